The monoisotopic (exact) mass is 486 g/mol. The highest BCUT2D eigenvalue weighted by atomic mass is 16.5. The summed E-state index contributed by atoms with van der Waals surface area (Å²) in [5.41, 5.74) is 5.71. The van der Waals surface area contributed by atoms with Crippen LogP contribution in [-0.4, -0.2) is 35.7 Å². The first-order chi connectivity index (χ1) is 16.7. The number of amides is 1. The van der Waals surface area contributed by atoms with Gasteiger partial charge in [0, 0.05) is 19.2 Å². The molecule has 0 bridgehead atoms. The molecule has 0 unspecified atom stereocenters. The predicted molar refractivity (Wildman–Crippen MR) is 140 cm³/mol. The maximum absolute atomic E-state index is 13.3. The van der Waals surface area contributed by atoms with Crippen LogP contribution in [0.2, 0.25) is 0 Å². The lowest BCUT2D eigenvalue weighted by molar-refractivity contribution is -0.114. The summed E-state index contributed by atoms with van der Waals surface area (Å²) in [4.78, 5) is 41.9. The number of carbonyl (C=O) groups excluding carboxylic acids is 1. The van der Waals surface area contributed by atoms with Crippen LogP contribution in [0.5, 0.6) is 11.5 Å². The molecule has 0 spiro atoms. The van der Waals surface area contributed by atoms with Crippen molar-refractivity contribution in [2.75, 3.05) is 30.9 Å². The van der Waals surface area contributed by atoms with E-state index in [0.717, 1.165) is 24.8 Å². The van der Waals surface area contributed by atoms with Gasteiger partial charge in [-0.25, -0.2) is 4.79 Å². The number of hydrogen-bond acceptors (Lipinski definition) is 6. The molecule has 0 saturated carbocycles. The number of aromatic nitrogens is 2. The second kappa shape index (κ2) is 13.4. The van der Waals surface area contributed by atoms with E-state index in [1.165, 1.54) is 15.5 Å². The van der Waals surface area contributed by atoms with Crippen LogP contribution in [0.25, 0.3) is 6.08 Å². The number of H-pyrrole nitrogens is 1. The van der Waals surface area contributed by atoms with Gasteiger partial charge in [0.1, 0.15) is 5.82 Å². The van der Waals surface area contributed by atoms with E-state index in [1.807, 2.05) is 26.8 Å². The number of nitrogens with one attached hydrogen (secondary N) is 1. The molecule has 0 fully saturated rings. The lowest BCUT2D eigenvalue weighted by Gasteiger charge is -2.25. The zero-order valence-electron chi connectivity index (χ0n) is 21.4. The van der Waals surface area contributed by atoms with E-state index in [9.17, 15) is 14.4 Å². The van der Waals surface area contributed by atoms with E-state index >= 15 is 0 Å². The summed E-state index contributed by atoms with van der Waals surface area (Å²) in [5.74, 6) is 0.837. The molecule has 35 heavy (non-hydrogen) atoms. The Morgan fingerprint density at radius 2 is 1.89 bits per heavy atom. The van der Waals surface area contributed by atoms with Crippen LogP contribution in [0.1, 0.15) is 58.9 Å². The fraction of sp³-hybridized carbons (Fsp3) is 0.500. The highest BCUT2D eigenvalue weighted by Crippen LogP contribution is 2.29. The summed E-state index contributed by atoms with van der Waals surface area (Å²) in [7, 11) is 1.56. The molecular weight excluding hydrogens is 448 g/mol. The zero-order chi connectivity index (χ0) is 26.0. The molecule has 2 rings (SSSR count). The standard InChI is InChI=1S/C26H38N4O5/c1-6-8-14-29-24(27)23(25(32)28-26(29)33)30(17-18(3)4)22(31)13-11-19-10-12-20(21(16-19)34-5)35-15-9-7-2/h10-13,16,18H,6-9,14-15,17,27H2,1-5H3,(H,28,32,33)/b13-11+. The molecule has 3 N–H and O–H groups in total. The third-order valence-corrected chi connectivity index (χ3v) is 5.39. The SMILES string of the molecule is CCCCOc1ccc(/C=C/C(=O)N(CC(C)C)c2c(N)n(CCCC)c(=O)[nH]c2=O)cc1OC. The highest BCUT2D eigenvalue weighted by molar-refractivity contribution is 6.05. The number of aromatic amines is 1. The van der Waals surface area contributed by atoms with Crippen LogP contribution in [0.4, 0.5) is 11.5 Å². The first-order valence-corrected chi connectivity index (χ1v) is 12.2. The largest absolute Gasteiger partial charge is 0.493 e. The molecule has 2 aromatic rings. The molecule has 1 aromatic heterocycles. The number of carbonyl (C=O) groups is 1. The van der Waals surface area contributed by atoms with Crippen LogP contribution in [0.3, 0.4) is 0 Å². The van der Waals surface area contributed by atoms with Gasteiger partial charge in [-0.05, 0) is 42.5 Å². The van der Waals surface area contributed by atoms with Gasteiger partial charge in [0.2, 0.25) is 0 Å². The molecule has 0 aliphatic carbocycles. The third kappa shape index (κ3) is 7.50. The Morgan fingerprint density at radius 3 is 2.51 bits per heavy atom. The molecule has 9 nitrogen and oxygen atoms in total. The smallest absolute Gasteiger partial charge is 0.330 e. The number of unbranched alkanes of at least 4 members (excludes halogenated alkanes) is 2. The number of benzene rings is 1. The number of ether oxygens (including phenoxy) is 2. The van der Waals surface area contributed by atoms with Crippen molar-refractivity contribution >= 4 is 23.5 Å². The molecule has 1 aromatic carbocycles. The maximum Gasteiger partial charge on any atom is 0.330 e. The van der Waals surface area contributed by atoms with Gasteiger partial charge < -0.3 is 20.1 Å². The number of nitrogens with two attached hydrogens (primary N) is 1. The molecule has 1 amide bonds. The highest BCUT2D eigenvalue weighted by Gasteiger charge is 2.23. The Hall–Kier alpha value is -3.49. The minimum atomic E-state index is -0.683. The average molecular weight is 487 g/mol. The molecule has 192 valence electrons. The van der Waals surface area contributed by atoms with Crippen molar-refractivity contribution in [3.8, 4) is 11.5 Å². The number of rotatable bonds is 13. The van der Waals surface area contributed by atoms with E-state index in [4.69, 9.17) is 15.2 Å². The van der Waals surface area contributed by atoms with Gasteiger partial charge in [-0.1, -0.05) is 46.6 Å². The van der Waals surface area contributed by atoms with Crippen LogP contribution in [0, 0.1) is 5.92 Å². The van der Waals surface area contributed by atoms with Gasteiger partial charge in [-0.3, -0.25) is 19.1 Å². The number of methoxy groups -OCH3 is 1. The predicted octanol–water partition coefficient (Wildman–Crippen LogP) is 3.81. The van der Waals surface area contributed by atoms with Gasteiger partial charge >= 0.3 is 5.69 Å². The van der Waals surface area contributed by atoms with Crippen molar-refractivity contribution in [1.29, 1.82) is 0 Å². The van der Waals surface area contributed by atoms with Crippen molar-refractivity contribution in [2.24, 2.45) is 5.92 Å². The van der Waals surface area contributed by atoms with Crippen LogP contribution in [-0.2, 0) is 11.3 Å². The molecule has 0 radical (unpaired) electrons. The van der Waals surface area contributed by atoms with Crippen molar-refractivity contribution < 1.29 is 14.3 Å². The van der Waals surface area contributed by atoms with Crippen LogP contribution in [0.15, 0.2) is 33.9 Å². The van der Waals surface area contributed by atoms with Crippen LogP contribution >= 0.6 is 0 Å². The summed E-state index contributed by atoms with van der Waals surface area (Å²) < 4.78 is 12.5. The fourth-order valence-corrected chi connectivity index (χ4v) is 3.52. The van der Waals surface area contributed by atoms with Crippen molar-refractivity contribution in [2.45, 2.75) is 59.9 Å². The third-order valence-electron chi connectivity index (χ3n) is 5.39. The minimum absolute atomic E-state index is 0.00940. The molecule has 1 heterocycles. The van der Waals surface area contributed by atoms with Crippen molar-refractivity contribution in [3.05, 3.63) is 50.7 Å². The second-order valence-corrected chi connectivity index (χ2v) is 8.79. The molecule has 9 heteroatoms. The van der Waals surface area contributed by atoms with Gasteiger partial charge in [0.05, 0.1) is 13.7 Å². The summed E-state index contributed by atoms with van der Waals surface area (Å²) in [5, 5.41) is 0. The quantitative estimate of drug-likeness (QED) is 0.328. The Bertz CT molecular complexity index is 1130. The average Bonchev–Trinajstić information content (AvgIpc) is 2.82. The molecule has 0 saturated heterocycles. The number of nitrogen functional groups attached to an aromatic ring is 1. The van der Waals surface area contributed by atoms with Gasteiger partial charge in [0.15, 0.2) is 17.2 Å². The summed E-state index contributed by atoms with van der Waals surface area (Å²) in [6.07, 6.45) is 6.57. The summed E-state index contributed by atoms with van der Waals surface area (Å²) >= 11 is 0. The fourth-order valence-electron chi connectivity index (χ4n) is 3.52. The van der Waals surface area contributed by atoms with Crippen molar-refractivity contribution in [1.82, 2.24) is 9.55 Å². The number of hydrogen-bond donors (Lipinski definition) is 2. The topological polar surface area (TPSA) is 120 Å². The lowest BCUT2D eigenvalue weighted by Crippen LogP contribution is -2.42. The summed E-state index contributed by atoms with van der Waals surface area (Å²) in [6, 6.07) is 5.41. The van der Waals surface area contributed by atoms with Crippen molar-refractivity contribution in [3.63, 3.8) is 0 Å². The van der Waals surface area contributed by atoms with E-state index in [2.05, 4.69) is 11.9 Å². The Morgan fingerprint density at radius 1 is 1.17 bits per heavy atom. The second-order valence-electron chi connectivity index (χ2n) is 8.79. The van der Waals surface area contributed by atoms with Gasteiger partial charge in [-0.2, -0.15) is 0 Å². The minimum Gasteiger partial charge on any atom is -0.493 e. The Kier molecular flexibility index (Phi) is 10.6. The van der Waals surface area contributed by atoms with Gasteiger partial charge in [0.25, 0.3) is 11.5 Å². The van der Waals surface area contributed by atoms with E-state index in [-0.39, 0.29) is 24.0 Å². The Balaban J connectivity index is 2.38. The Labute approximate surface area is 206 Å². The molecule has 0 aliphatic heterocycles. The van der Waals surface area contributed by atoms with E-state index in [1.54, 1.807) is 25.3 Å². The van der Waals surface area contributed by atoms with Gasteiger partial charge in [-0.15, -0.1) is 0 Å². The number of nitrogens with zero attached hydrogens (tertiary/aromatic N) is 2. The summed E-state index contributed by atoms with van der Waals surface area (Å²) in [6.45, 7) is 9.17. The molecule has 0 atom stereocenters. The van der Waals surface area contributed by atoms with E-state index in [0.29, 0.717) is 31.1 Å². The molecular formula is C26H38N4O5. The first-order valence-electron chi connectivity index (χ1n) is 12.2. The molecule has 0 aliphatic rings. The normalized spacial score (nSPS) is 11.3. The first kappa shape index (κ1) is 27.8. The lowest BCUT2D eigenvalue weighted by atomic mass is 10.1. The maximum atomic E-state index is 13.3. The number of anilines is 2. The zero-order valence-corrected chi connectivity index (χ0v) is 21.4. The van der Waals surface area contributed by atoms with Crippen LogP contribution < -0.4 is 31.4 Å². The van der Waals surface area contributed by atoms with E-state index < -0.39 is 17.2 Å².